The second kappa shape index (κ2) is 7.04. The maximum absolute atomic E-state index is 11.4. The van der Waals surface area contributed by atoms with Gasteiger partial charge in [-0.1, -0.05) is 43.3 Å². The third-order valence-electron chi connectivity index (χ3n) is 3.62. The highest BCUT2D eigenvalue weighted by Crippen LogP contribution is 2.21. The molecule has 110 valence electrons. The summed E-state index contributed by atoms with van der Waals surface area (Å²) in [6, 6.07) is 16.0. The fourth-order valence-electron chi connectivity index (χ4n) is 2.20. The first kappa shape index (κ1) is 15.3. The molecule has 1 unspecified atom stereocenters. The van der Waals surface area contributed by atoms with E-state index in [9.17, 15) is 4.79 Å². The predicted octanol–water partition coefficient (Wildman–Crippen LogP) is 3.42. The molecule has 0 radical (unpaired) electrons. The summed E-state index contributed by atoms with van der Waals surface area (Å²) in [6.45, 7) is 2.10. The van der Waals surface area contributed by atoms with Crippen LogP contribution in [0.25, 0.3) is 11.1 Å². The molecule has 0 aromatic heterocycles. The second-order valence-corrected chi connectivity index (χ2v) is 5.14. The Morgan fingerprint density at radius 2 is 1.57 bits per heavy atom. The Morgan fingerprint density at radius 3 is 2.05 bits per heavy atom. The van der Waals surface area contributed by atoms with Crippen LogP contribution in [0, 0.1) is 0 Å². The summed E-state index contributed by atoms with van der Waals surface area (Å²) >= 11 is 0. The Balaban J connectivity index is 2.13. The molecule has 2 rings (SSSR count). The summed E-state index contributed by atoms with van der Waals surface area (Å²) in [6.07, 6.45) is 1.88. The zero-order valence-corrected chi connectivity index (χ0v) is 12.5. The largest absolute Gasteiger partial charge is 0.465 e. The molecule has 0 saturated carbocycles. The van der Waals surface area contributed by atoms with Crippen LogP contribution in [0.5, 0.6) is 0 Å². The van der Waals surface area contributed by atoms with E-state index in [0.717, 1.165) is 24.0 Å². The van der Waals surface area contributed by atoms with E-state index >= 15 is 0 Å². The normalized spacial score (nSPS) is 12.0. The van der Waals surface area contributed by atoms with Gasteiger partial charge in [0.15, 0.2) is 0 Å². The number of esters is 1. The summed E-state index contributed by atoms with van der Waals surface area (Å²) in [5.74, 6) is -0.314. The number of carbonyl (C=O) groups is 1. The van der Waals surface area contributed by atoms with E-state index < -0.39 is 0 Å². The van der Waals surface area contributed by atoms with Crippen molar-refractivity contribution >= 4 is 5.97 Å². The third-order valence-corrected chi connectivity index (χ3v) is 3.62. The van der Waals surface area contributed by atoms with Gasteiger partial charge in [0.05, 0.1) is 12.7 Å². The number of hydrogen-bond donors (Lipinski definition) is 1. The second-order valence-electron chi connectivity index (χ2n) is 5.14. The van der Waals surface area contributed by atoms with Crippen LogP contribution in [-0.4, -0.2) is 19.1 Å². The summed E-state index contributed by atoms with van der Waals surface area (Å²) in [7, 11) is 1.38. The van der Waals surface area contributed by atoms with Gasteiger partial charge in [-0.25, -0.2) is 4.79 Å². The number of rotatable bonds is 5. The first-order valence-electron chi connectivity index (χ1n) is 7.17. The Labute approximate surface area is 125 Å². The minimum Gasteiger partial charge on any atom is -0.465 e. The molecule has 0 aliphatic heterocycles. The molecule has 0 bridgehead atoms. The number of benzene rings is 2. The maximum atomic E-state index is 11.4. The first-order valence-corrected chi connectivity index (χ1v) is 7.17. The molecule has 1 atom stereocenters. The lowest BCUT2D eigenvalue weighted by molar-refractivity contribution is 0.0601. The summed E-state index contributed by atoms with van der Waals surface area (Å²) in [5.41, 5.74) is 9.98. The molecule has 2 aromatic rings. The standard InChI is InChI=1S/C18H21NO2/c1-3-17(19)12-13-4-6-14(7-5-13)15-8-10-16(11-9-15)18(20)21-2/h4-11,17H,3,12,19H2,1-2H3. The summed E-state index contributed by atoms with van der Waals surface area (Å²) < 4.78 is 4.69. The van der Waals surface area contributed by atoms with Crippen LogP contribution in [0.3, 0.4) is 0 Å². The predicted molar refractivity (Wildman–Crippen MR) is 85.2 cm³/mol. The fourth-order valence-corrected chi connectivity index (χ4v) is 2.20. The Hall–Kier alpha value is -2.13. The van der Waals surface area contributed by atoms with Crippen LogP contribution in [0.2, 0.25) is 0 Å². The molecule has 21 heavy (non-hydrogen) atoms. The van der Waals surface area contributed by atoms with Gasteiger partial charge in [-0.05, 0) is 41.7 Å². The van der Waals surface area contributed by atoms with Crippen molar-refractivity contribution in [1.82, 2.24) is 0 Å². The van der Waals surface area contributed by atoms with Crippen molar-refractivity contribution < 1.29 is 9.53 Å². The molecular formula is C18H21NO2. The lowest BCUT2D eigenvalue weighted by atomic mass is 9.99. The van der Waals surface area contributed by atoms with Gasteiger partial charge in [0.2, 0.25) is 0 Å². The van der Waals surface area contributed by atoms with Crippen LogP contribution in [0.15, 0.2) is 48.5 Å². The van der Waals surface area contributed by atoms with E-state index in [1.807, 2.05) is 12.1 Å². The van der Waals surface area contributed by atoms with Crippen molar-refractivity contribution in [2.75, 3.05) is 7.11 Å². The lowest BCUT2D eigenvalue weighted by Gasteiger charge is -2.09. The molecule has 2 aromatic carbocycles. The molecule has 0 aliphatic rings. The molecule has 0 amide bonds. The van der Waals surface area contributed by atoms with Crippen molar-refractivity contribution in [2.45, 2.75) is 25.8 Å². The molecule has 3 nitrogen and oxygen atoms in total. The highest BCUT2D eigenvalue weighted by atomic mass is 16.5. The minimum atomic E-state index is -0.314. The maximum Gasteiger partial charge on any atom is 0.337 e. The summed E-state index contributed by atoms with van der Waals surface area (Å²) in [5, 5.41) is 0. The van der Waals surface area contributed by atoms with E-state index in [2.05, 4.69) is 31.2 Å². The van der Waals surface area contributed by atoms with Gasteiger partial charge in [0, 0.05) is 6.04 Å². The average molecular weight is 283 g/mol. The monoisotopic (exact) mass is 283 g/mol. The minimum absolute atomic E-state index is 0.218. The van der Waals surface area contributed by atoms with Gasteiger partial charge in [-0.15, -0.1) is 0 Å². The van der Waals surface area contributed by atoms with Gasteiger partial charge in [0.1, 0.15) is 0 Å². The van der Waals surface area contributed by atoms with Crippen LogP contribution in [-0.2, 0) is 11.2 Å². The van der Waals surface area contributed by atoms with Crippen LogP contribution < -0.4 is 5.73 Å². The Bertz CT molecular complexity index is 588. The number of hydrogen-bond acceptors (Lipinski definition) is 3. The highest BCUT2D eigenvalue weighted by Gasteiger charge is 2.06. The van der Waals surface area contributed by atoms with Crippen LogP contribution >= 0.6 is 0 Å². The van der Waals surface area contributed by atoms with E-state index in [1.54, 1.807) is 12.1 Å². The van der Waals surface area contributed by atoms with Crippen molar-refractivity contribution in [2.24, 2.45) is 5.73 Å². The van der Waals surface area contributed by atoms with Gasteiger partial charge in [0.25, 0.3) is 0 Å². The molecule has 2 N–H and O–H groups in total. The van der Waals surface area contributed by atoms with Crippen molar-refractivity contribution in [1.29, 1.82) is 0 Å². The van der Waals surface area contributed by atoms with Gasteiger partial charge in [-0.2, -0.15) is 0 Å². The smallest absolute Gasteiger partial charge is 0.337 e. The van der Waals surface area contributed by atoms with Gasteiger partial charge >= 0.3 is 5.97 Å². The average Bonchev–Trinajstić information content (AvgIpc) is 2.55. The molecular weight excluding hydrogens is 262 g/mol. The van der Waals surface area contributed by atoms with Gasteiger partial charge < -0.3 is 10.5 Å². The number of nitrogens with two attached hydrogens (primary N) is 1. The van der Waals surface area contributed by atoms with Crippen molar-refractivity contribution in [3.05, 3.63) is 59.7 Å². The van der Waals surface area contributed by atoms with Crippen molar-refractivity contribution in [3.8, 4) is 11.1 Å². The Kier molecular flexibility index (Phi) is 5.12. The van der Waals surface area contributed by atoms with Crippen molar-refractivity contribution in [3.63, 3.8) is 0 Å². The number of methoxy groups -OCH3 is 1. The topological polar surface area (TPSA) is 52.3 Å². The SMILES string of the molecule is CCC(N)Cc1ccc(-c2ccc(C(=O)OC)cc2)cc1. The van der Waals surface area contributed by atoms with E-state index in [4.69, 9.17) is 10.5 Å². The van der Waals surface area contributed by atoms with Crippen LogP contribution in [0.1, 0.15) is 29.3 Å². The van der Waals surface area contributed by atoms with Crippen LogP contribution in [0.4, 0.5) is 0 Å². The first-order chi connectivity index (χ1) is 10.1. The molecule has 0 heterocycles. The molecule has 0 spiro atoms. The molecule has 0 aliphatic carbocycles. The van der Waals surface area contributed by atoms with E-state index in [1.165, 1.54) is 12.7 Å². The highest BCUT2D eigenvalue weighted by molar-refractivity contribution is 5.89. The zero-order valence-electron chi connectivity index (χ0n) is 12.5. The lowest BCUT2D eigenvalue weighted by Crippen LogP contribution is -2.21. The Morgan fingerprint density at radius 1 is 1.05 bits per heavy atom. The third kappa shape index (κ3) is 3.92. The molecule has 0 fully saturated rings. The number of ether oxygens (including phenoxy) is 1. The van der Waals surface area contributed by atoms with E-state index in [-0.39, 0.29) is 12.0 Å². The number of carbonyl (C=O) groups excluding carboxylic acids is 1. The molecule has 0 saturated heterocycles. The molecule has 3 heteroatoms. The fraction of sp³-hybridized carbons (Fsp3) is 0.278. The summed E-state index contributed by atoms with van der Waals surface area (Å²) in [4.78, 5) is 11.4. The quantitative estimate of drug-likeness (QED) is 0.855. The van der Waals surface area contributed by atoms with Gasteiger partial charge in [-0.3, -0.25) is 0 Å². The zero-order chi connectivity index (χ0) is 15.2. The van der Waals surface area contributed by atoms with E-state index in [0.29, 0.717) is 5.56 Å².